The number of amides is 4. The molecule has 1 unspecified atom stereocenters. The average molecular weight is 614 g/mol. The Balaban J connectivity index is 1.65. The van der Waals surface area contributed by atoms with E-state index in [9.17, 15) is 28.8 Å². The number of rotatable bonds is 17. The summed E-state index contributed by atoms with van der Waals surface area (Å²) in [4.78, 5) is 85.6. The van der Waals surface area contributed by atoms with E-state index in [4.69, 9.17) is 4.84 Å². The van der Waals surface area contributed by atoms with Gasteiger partial charge >= 0.3 is 5.91 Å². The van der Waals surface area contributed by atoms with Gasteiger partial charge in [0.1, 0.15) is 24.0 Å². The van der Waals surface area contributed by atoms with Crippen molar-refractivity contribution >= 4 is 35.1 Å². The maximum atomic E-state index is 13.3. The highest BCUT2D eigenvalue weighted by Crippen LogP contribution is 2.24. The van der Waals surface area contributed by atoms with Gasteiger partial charge in [0.05, 0.1) is 19.1 Å². The Kier molecular flexibility index (Phi) is 13.3. The SMILES string of the molecule is CCC(CC)CNC(=O)Cn1cccc(NC(=O)C(CCC(=O)C(=O)NOCC2CCCC2)NC(=O)c2cncn2C)c1=O. The molecular weight excluding hydrogens is 570 g/mol. The number of aromatic nitrogens is 3. The van der Waals surface area contributed by atoms with Gasteiger partial charge in [0.15, 0.2) is 0 Å². The zero-order valence-corrected chi connectivity index (χ0v) is 25.6. The van der Waals surface area contributed by atoms with Gasteiger partial charge in [-0.3, -0.25) is 33.6 Å². The lowest BCUT2D eigenvalue weighted by Gasteiger charge is -2.19. The first-order valence-corrected chi connectivity index (χ1v) is 15.1. The number of pyridine rings is 1. The Labute approximate surface area is 256 Å². The molecule has 0 aromatic carbocycles. The topological polar surface area (TPSA) is 183 Å². The number of ketones is 1. The molecule has 0 spiro atoms. The Hall–Kier alpha value is -4.33. The van der Waals surface area contributed by atoms with E-state index in [2.05, 4.69) is 26.4 Å². The molecule has 1 aliphatic carbocycles. The van der Waals surface area contributed by atoms with Gasteiger partial charge in [-0.15, -0.1) is 0 Å². The van der Waals surface area contributed by atoms with Crippen molar-refractivity contribution in [3.63, 3.8) is 0 Å². The van der Waals surface area contributed by atoms with Gasteiger partial charge in [-0.2, -0.15) is 0 Å². The second-order valence-corrected chi connectivity index (χ2v) is 11.1. The first-order valence-electron chi connectivity index (χ1n) is 15.1. The maximum absolute atomic E-state index is 13.3. The molecule has 14 nitrogen and oxygen atoms in total. The summed E-state index contributed by atoms with van der Waals surface area (Å²) in [6, 6.07) is 1.59. The third-order valence-electron chi connectivity index (χ3n) is 7.88. The number of nitrogens with zero attached hydrogens (tertiary/aromatic N) is 3. The van der Waals surface area contributed by atoms with E-state index in [-0.39, 0.29) is 36.7 Å². The molecule has 44 heavy (non-hydrogen) atoms. The lowest BCUT2D eigenvalue weighted by Crippen LogP contribution is -2.46. The largest absolute Gasteiger partial charge is 0.354 e. The van der Waals surface area contributed by atoms with Crippen LogP contribution >= 0.6 is 0 Å². The van der Waals surface area contributed by atoms with Gasteiger partial charge in [-0.05, 0) is 43.2 Å². The third kappa shape index (κ3) is 10.1. The number of nitrogens with one attached hydrogen (secondary N) is 4. The number of hydroxylamine groups is 1. The van der Waals surface area contributed by atoms with Gasteiger partial charge < -0.3 is 25.1 Å². The van der Waals surface area contributed by atoms with Crippen LogP contribution in [0, 0.1) is 11.8 Å². The van der Waals surface area contributed by atoms with Crippen molar-refractivity contribution in [2.24, 2.45) is 18.9 Å². The highest BCUT2D eigenvalue weighted by Gasteiger charge is 2.26. The first kappa shape index (κ1) is 34.2. The van der Waals surface area contributed by atoms with Crippen molar-refractivity contribution in [1.29, 1.82) is 0 Å². The van der Waals surface area contributed by atoms with E-state index in [0.717, 1.165) is 38.5 Å². The molecule has 1 atom stereocenters. The van der Waals surface area contributed by atoms with Gasteiger partial charge in [0.25, 0.3) is 11.5 Å². The summed E-state index contributed by atoms with van der Waals surface area (Å²) in [6.45, 7) is 4.66. The van der Waals surface area contributed by atoms with E-state index in [0.29, 0.717) is 25.0 Å². The zero-order valence-electron chi connectivity index (χ0n) is 25.6. The molecule has 0 radical (unpaired) electrons. The van der Waals surface area contributed by atoms with Crippen LogP contribution in [-0.4, -0.2) is 62.7 Å². The molecule has 2 heterocycles. The number of imidazole rings is 1. The van der Waals surface area contributed by atoms with Crippen LogP contribution in [0.4, 0.5) is 5.69 Å². The van der Waals surface area contributed by atoms with Crippen molar-refractivity contribution in [2.45, 2.75) is 77.8 Å². The summed E-state index contributed by atoms with van der Waals surface area (Å²) in [5, 5.41) is 7.89. The summed E-state index contributed by atoms with van der Waals surface area (Å²) < 4.78 is 2.62. The van der Waals surface area contributed by atoms with Gasteiger partial charge in [0.2, 0.25) is 17.6 Å². The van der Waals surface area contributed by atoms with Crippen LogP contribution in [0.25, 0.3) is 0 Å². The summed E-state index contributed by atoms with van der Waals surface area (Å²) in [5.74, 6) is -2.86. The number of anilines is 1. The molecule has 2 aromatic heterocycles. The van der Waals surface area contributed by atoms with Crippen LogP contribution in [0.1, 0.15) is 75.7 Å². The average Bonchev–Trinajstić information content (AvgIpc) is 3.69. The monoisotopic (exact) mass is 613 g/mol. The van der Waals surface area contributed by atoms with Crippen molar-refractivity contribution < 1.29 is 28.8 Å². The van der Waals surface area contributed by atoms with Gasteiger partial charge in [0, 0.05) is 26.2 Å². The minimum absolute atomic E-state index is 0.116. The fourth-order valence-corrected chi connectivity index (χ4v) is 4.95. The molecule has 0 bridgehead atoms. The van der Waals surface area contributed by atoms with E-state index < -0.39 is 35.1 Å². The first-order chi connectivity index (χ1) is 21.1. The standard InChI is InChI=1S/C30H43N7O7/c1-4-20(5-2)15-32-26(39)17-37-14-8-11-23(30(37)43)34-27(40)22(33-28(41)24-16-31-19-36(24)3)12-13-25(38)29(42)35-44-18-21-9-6-7-10-21/h8,11,14,16,19-22H,4-7,9-10,12-13,15,17-18H2,1-3H3,(H,32,39)(H,33,41)(H,34,40)(H,35,42). The summed E-state index contributed by atoms with van der Waals surface area (Å²) >= 11 is 0. The number of Topliss-reactive ketones (excluding diaryl/α,β-unsaturated/α-hetero) is 1. The molecule has 1 fully saturated rings. The Morgan fingerprint density at radius 1 is 1.11 bits per heavy atom. The smallest absolute Gasteiger partial charge is 0.310 e. The molecule has 0 saturated heterocycles. The third-order valence-corrected chi connectivity index (χ3v) is 7.88. The number of hydrogen-bond donors (Lipinski definition) is 4. The molecule has 1 saturated carbocycles. The van der Waals surface area contributed by atoms with Crippen LogP contribution < -0.4 is 27.0 Å². The van der Waals surface area contributed by atoms with E-state index >= 15 is 0 Å². The quantitative estimate of drug-likeness (QED) is 0.153. The predicted octanol–water partition coefficient (Wildman–Crippen LogP) is 1.46. The van der Waals surface area contributed by atoms with Crippen LogP contribution in [0.5, 0.6) is 0 Å². The second kappa shape index (κ2) is 17.1. The van der Waals surface area contributed by atoms with Crippen molar-refractivity contribution in [3.8, 4) is 0 Å². The second-order valence-electron chi connectivity index (χ2n) is 11.1. The van der Waals surface area contributed by atoms with Crippen molar-refractivity contribution in [3.05, 3.63) is 46.9 Å². The Morgan fingerprint density at radius 3 is 2.50 bits per heavy atom. The molecule has 4 amide bonds. The normalized spacial score (nSPS) is 13.8. The number of carbonyl (C=O) groups is 5. The van der Waals surface area contributed by atoms with Crippen LogP contribution in [-0.2, 0) is 37.6 Å². The van der Waals surface area contributed by atoms with Crippen molar-refractivity contribution in [2.75, 3.05) is 18.5 Å². The maximum Gasteiger partial charge on any atom is 0.310 e. The summed E-state index contributed by atoms with van der Waals surface area (Å²) in [7, 11) is 1.60. The van der Waals surface area contributed by atoms with Crippen LogP contribution in [0.3, 0.4) is 0 Å². The van der Waals surface area contributed by atoms with Gasteiger partial charge in [-0.1, -0.05) is 39.5 Å². The van der Waals surface area contributed by atoms with Crippen LogP contribution in [0.2, 0.25) is 0 Å². The van der Waals surface area contributed by atoms with E-state index in [1.54, 1.807) is 7.05 Å². The molecule has 3 rings (SSSR count). The lowest BCUT2D eigenvalue weighted by atomic mass is 10.0. The molecule has 240 valence electrons. The molecule has 0 aliphatic heterocycles. The minimum atomic E-state index is -1.29. The molecule has 1 aliphatic rings. The fourth-order valence-electron chi connectivity index (χ4n) is 4.95. The van der Waals surface area contributed by atoms with E-state index in [1.165, 1.54) is 40.0 Å². The Bertz CT molecular complexity index is 1360. The highest BCUT2D eigenvalue weighted by molar-refractivity contribution is 6.35. The fraction of sp³-hybridized carbons (Fsp3) is 0.567. The number of hydrogen-bond acceptors (Lipinski definition) is 8. The molecule has 2 aromatic rings. The lowest BCUT2D eigenvalue weighted by molar-refractivity contribution is -0.146. The summed E-state index contributed by atoms with van der Waals surface area (Å²) in [6.07, 6.45) is 9.63. The molecule has 4 N–H and O–H groups in total. The summed E-state index contributed by atoms with van der Waals surface area (Å²) in [5.41, 5.74) is 1.58. The van der Waals surface area contributed by atoms with Crippen molar-refractivity contribution in [1.82, 2.24) is 30.2 Å². The van der Waals surface area contributed by atoms with Crippen LogP contribution in [0.15, 0.2) is 35.6 Å². The van der Waals surface area contributed by atoms with E-state index in [1.807, 2.05) is 13.8 Å². The number of carbonyl (C=O) groups excluding carboxylic acids is 5. The predicted molar refractivity (Wildman–Crippen MR) is 161 cm³/mol. The minimum Gasteiger partial charge on any atom is -0.354 e. The van der Waals surface area contributed by atoms with Gasteiger partial charge in [-0.25, -0.2) is 10.5 Å². The Morgan fingerprint density at radius 2 is 1.84 bits per heavy atom. The zero-order chi connectivity index (χ0) is 32.1. The number of aryl methyl sites for hydroxylation is 1. The molecule has 14 heteroatoms. The highest BCUT2D eigenvalue weighted by atomic mass is 16.7. The molecular formula is C30H43N7O7.